The molecule has 1 amide bonds. The van der Waals surface area contributed by atoms with E-state index >= 15 is 0 Å². The standard InChI is InChI=1S/C14H19F3N2O/c1-10(8-9-11-6-4-3-5-7-11)19-12(20)13(2,18)14(15,16)17/h3-7,10H,8-9,18H2,1-2H3,(H,19,20). The van der Waals surface area contributed by atoms with Gasteiger partial charge in [-0.05, 0) is 32.3 Å². The van der Waals surface area contributed by atoms with E-state index in [1.807, 2.05) is 30.3 Å². The summed E-state index contributed by atoms with van der Waals surface area (Å²) in [5.41, 5.74) is 3.26. The molecule has 2 atom stereocenters. The van der Waals surface area contributed by atoms with Crippen LogP contribution in [0.25, 0.3) is 0 Å². The molecule has 0 saturated heterocycles. The number of hydrogen-bond acceptors (Lipinski definition) is 2. The molecule has 0 aromatic heterocycles. The lowest BCUT2D eigenvalue weighted by molar-refractivity contribution is -0.187. The van der Waals surface area contributed by atoms with Gasteiger partial charge >= 0.3 is 6.18 Å². The van der Waals surface area contributed by atoms with Gasteiger partial charge in [0.2, 0.25) is 5.91 Å². The summed E-state index contributed by atoms with van der Waals surface area (Å²) in [5.74, 6) is -1.20. The summed E-state index contributed by atoms with van der Waals surface area (Å²) in [6, 6.07) is 9.14. The fraction of sp³-hybridized carbons (Fsp3) is 0.500. The molecule has 2 unspecified atom stereocenters. The smallest absolute Gasteiger partial charge is 0.352 e. The number of benzene rings is 1. The minimum atomic E-state index is -4.77. The van der Waals surface area contributed by atoms with Gasteiger partial charge in [0.1, 0.15) is 0 Å². The van der Waals surface area contributed by atoms with Crippen LogP contribution in [0.5, 0.6) is 0 Å². The topological polar surface area (TPSA) is 55.1 Å². The van der Waals surface area contributed by atoms with E-state index in [0.29, 0.717) is 19.8 Å². The molecular weight excluding hydrogens is 269 g/mol. The van der Waals surface area contributed by atoms with Crippen LogP contribution in [-0.2, 0) is 11.2 Å². The summed E-state index contributed by atoms with van der Waals surface area (Å²) in [6.07, 6.45) is -3.55. The molecule has 0 radical (unpaired) electrons. The van der Waals surface area contributed by atoms with Crippen molar-refractivity contribution in [2.75, 3.05) is 0 Å². The van der Waals surface area contributed by atoms with E-state index in [-0.39, 0.29) is 6.04 Å². The molecule has 1 aromatic rings. The van der Waals surface area contributed by atoms with E-state index in [0.717, 1.165) is 5.56 Å². The van der Waals surface area contributed by atoms with Crippen molar-refractivity contribution in [1.29, 1.82) is 0 Å². The van der Waals surface area contributed by atoms with Gasteiger partial charge in [0.15, 0.2) is 5.54 Å². The molecule has 1 rings (SSSR count). The minimum absolute atomic E-state index is 0.382. The highest BCUT2D eigenvalue weighted by molar-refractivity contribution is 5.86. The van der Waals surface area contributed by atoms with Crippen LogP contribution >= 0.6 is 0 Å². The first kappa shape index (κ1) is 16.5. The van der Waals surface area contributed by atoms with Gasteiger partial charge < -0.3 is 11.1 Å². The number of halogens is 3. The van der Waals surface area contributed by atoms with Crippen molar-refractivity contribution >= 4 is 5.91 Å². The Morgan fingerprint density at radius 2 is 1.85 bits per heavy atom. The van der Waals surface area contributed by atoms with Gasteiger partial charge in [-0.1, -0.05) is 30.3 Å². The van der Waals surface area contributed by atoms with Gasteiger partial charge in [0.25, 0.3) is 0 Å². The maximum Gasteiger partial charge on any atom is 0.415 e. The summed E-state index contributed by atoms with van der Waals surface area (Å²) >= 11 is 0. The molecule has 20 heavy (non-hydrogen) atoms. The van der Waals surface area contributed by atoms with Gasteiger partial charge in [-0.25, -0.2) is 0 Å². The molecule has 0 saturated carbocycles. The highest BCUT2D eigenvalue weighted by Crippen LogP contribution is 2.28. The van der Waals surface area contributed by atoms with Gasteiger partial charge in [-0.3, -0.25) is 4.79 Å². The highest BCUT2D eigenvalue weighted by atomic mass is 19.4. The van der Waals surface area contributed by atoms with Crippen molar-refractivity contribution in [3.63, 3.8) is 0 Å². The minimum Gasteiger partial charge on any atom is -0.352 e. The Labute approximate surface area is 116 Å². The number of amides is 1. The third kappa shape index (κ3) is 4.23. The van der Waals surface area contributed by atoms with Gasteiger partial charge in [-0.2, -0.15) is 13.2 Å². The van der Waals surface area contributed by atoms with E-state index < -0.39 is 17.6 Å². The average molecular weight is 288 g/mol. The fourth-order valence-corrected chi connectivity index (χ4v) is 1.60. The number of hydrogen-bond donors (Lipinski definition) is 2. The molecule has 0 bridgehead atoms. The monoisotopic (exact) mass is 288 g/mol. The maximum absolute atomic E-state index is 12.6. The number of carbonyl (C=O) groups excluding carboxylic acids is 1. The quantitative estimate of drug-likeness (QED) is 0.874. The normalized spacial score (nSPS) is 16.3. The third-order valence-corrected chi connectivity index (χ3v) is 3.15. The van der Waals surface area contributed by atoms with Crippen LogP contribution in [-0.4, -0.2) is 23.7 Å². The average Bonchev–Trinajstić information content (AvgIpc) is 2.36. The molecule has 6 heteroatoms. The van der Waals surface area contributed by atoms with Gasteiger partial charge in [0, 0.05) is 6.04 Å². The first-order valence-electron chi connectivity index (χ1n) is 6.35. The Balaban J connectivity index is 2.50. The van der Waals surface area contributed by atoms with Gasteiger partial charge in [0.05, 0.1) is 0 Å². The van der Waals surface area contributed by atoms with Crippen LogP contribution < -0.4 is 11.1 Å². The molecule has 0 spiro atoms. The Bertz CT molecular complexity index is 443. The number of nitrogens with one attached hydrogen (secondary N) is 1. The van der Waals surface area contributed by atoms with Crippen LogP contribution in [0, 0.1) is 0 Å². The zero-order chi connectivity index (χ0) is 15.4. The van der Waals surface area contributed by atoms with Gasteiger partial charge in [-0.15, -0.1) is 0 Å². The zero-order valence-corrected chi connectivity index (χ0v) is 11.5. The fourth-order valence-electron chi connectivity index (χ4n) is 1.60. The highest BCUT2D eigenvalue weighted by Gasteiger charge is 2.54. The van der Waals surface area contributed by atoms with E-state index in [2.05, 4.69) is 5.32 Å². The number of carbonyl (C=O) groups is 1. The van der Waals surface area contributed by atoms with Crippen LogP contribution in [0.15, 0.2) is 30.3 Å². The van der Waals surface area contributed by atoms with Crippen LogP contribution in [0.1, 0.15) is 25.8 Å². The number of nitrogens with two attached hydrogens (primary N) is 1. The summed E-state index contributed by atoms with van der Waals surface area (Å²) in [7, 11) is 0. The lowest BCUT2D eigenvalue weighted by Crippen LogP contribution is -2.62. The van der Waals surface area contributed by atoms with Crippen LogP contribution in [0.3, 0.4) is 0 Å². The summed E-state index contributed by atoms with van der Waals surface area (Å²) in [4.78, 5) is 11.6. The van der Waals surface area contributed by atoms with Crippen molar-refractivity contribution in [2.45, 2.75) is 44.4 Å². The van der Waals surface area contributed by atoms with Crippen molar-refractivity contribution < 1.29 is 18.0 Å². The van der Waals surface area contributed by atoms with E-state index in [1.165, 1.54) is 0 Å². The predicted octanol–water partition coefficient (Wildman–Crippen LogP) is 2.40. The van der Waals surface area contributed by atoms with Crippen molar-refractivity contribution in [3.05, 3.63) is 35.9 Å². The van der Waals surface area contributed by atoms with Crippen molar-refractivity contribution in [3.8, 4) is 0 Å². The van der Waals surface area contributed by atoms with E-state index in [9.17, 15) is 18.0 Å². The van der Waals surface area contributed by atoms with E-state index in [1.54, 1.807) is 6.92 Å². The number of rotatable bonds is 5. The Hall–Kier alpha value is -1.56. The second kappa shape index (κ2) is 6.26. The first-order valence-corrected chi connectivity index (χ1v) is 6.35. The summed E-state index contributed by atoms with van der Waals surface area (Å²) < 4.78 is 37.8. The molecule has 0 heterocycles. The van der Waals surface area contributed by atoms with Crippen LogP contribution in [0.4, 0.5) is 13.2 Å². The third-order valence-electron chi connectivity index (χ3n) is 3.15. The van der Waals surface area contributed by atoms with Crippen molar-refractivity contribution in [2.24, 2.45) is 5.73 Å². The molecule has 0 fully saturated rings. The lowest BCUT2D eigenvalue weighted by atomic mass is 10.0. The predicted molar refractivity (Wildman–Crippen MR) is 71.0 cm³/mol. The maximum atomic E-state index is 12.6. The SMILES string of the molecule is CC(CCc1ccccc1)NC(=O)C(C)(N)C(F)(F)F. The molecule has 0 aliphatic rings. The molecule has 0 aliphatic heterocycles. The molecule has 1 aromatic carbocycles. The zero-order valence-electron chi connectivity index (χ0n) is 11.5. The molecule has 112 valence electrons. The molecular formula is C14H19F3N2O. The second-order valence-corrected chi connectivity index (χ2v) is 5.10. The Kier molecular flexibility index (Phi) is 5.16. The molecule has 0 aliphatic carbocycles. The lowest BCUT2D eigenvalue weighted by Gasteiger charge is -2.28. The Morgan fingerprint density at radius 1 is 1.30 bits per heavy atom. The summed E-state index contributed by atoms with van der Waals surface area (Å²) in [5, 5.41) is 2.31. The second-order valence-electron chi connectivity index (χ2n) is 5.10. The van der Waals surface area contributed by atoms with E-state index in [4.69, 9.17) is 5.73 Å². The molecule has 3 nitrogen and oxygen atoms in total. The summed E-state index contributed by atoms with van der Waals surface area (Å²) in [6.45, 7) is 2.33. The van der Waals surface area contributed by atoms with Crippen LogP contribution in [0.2, 0.25) is 0 Å². The first-order chi connectivity index (χ1) is 9.14. The number of alkyl halides is 3. The largest absolute Gasteiger partial charge is 0.415 e. The Morgan fingerprint density at radius 3 is 2.35 bits per heavy atom. The van der Waals surface area contributed by atoms with Crippen molar-refractivity contribution in [1.82, 2.24) is 5.32 Å². The molecule has 3 N–H and O–H groups in total. The number of aryl methyl sites for hydroxylation is 1.